The average molecular weight is 1180 g/mol. The first-order valence-corrected chi connectivity index (χ1v) is 29.3. The van der Waals surface area contributed by atoms with Crippen LogP contribution in [0.15, 0.2) is 82.6 Å². The first-order chi connectivity index (χ1) is 36.4. The van der Waals surface area contributed by atoms with E-state index < -0.39 is 38.3 Å². The highest BCUT2D eigenvalue weighted by atomic mass is 35.5. The molecule has 76 heavy (non-hydrogen) atoms. The van der Waals surface area contributed by atoms with Crippen molar-refractivity contribution in [3.63, 3.8) is 0 Å². The van der Waals surface area contributed by atoms with E-state index in [-0.39, 0.29) is 127 Å². The van der Waals surface area contributed by atoms with Crippen LogP contribution in [-0.4, -0.2) is 188 Å². The monoisotopic (exact) mass is 1180 g/mol. The molecule has 2 aliphatic rings. The molecule has 1 amide bonds. The van der Waals surface area contributed by atoms with Gasteiger partial charge in [0, 0.05) is 84.3 Å². The van der Waals surface area contributed by atoms with Crippen molar-refractivity contribution in [3.8, 4) is 0 Å². The summed E-state index contributed by atoms with van der Waals surface area (Å²) in [4.78, 5) is 16.9. The number of rotatable bonds is 33. The van der Waals surface area contributed by atoms with E-state index in [9.17, 15) is 31.8 Å². The lowest BCUT2D eigenvalue weighted by molar-refractivity contribution is -0.136. The number of hydrogen-bond donors (Lipinski definition) is 6. The largest absolute Gasteiger partial charge is 0.379 e. The summed E-state index contributed by atoms with van der Waals surface area (Å²) in [5.74, 6) is -0.796. The number of nitrogens with one attached hydrogen (secondary N) is 4. The Balaban J connectivity index is 0.699. The molecular weight excluding hydrogens is 1110 g/mol. The van der Waals surface area contributed by atoms with Crippen molar-refractivity contribution < 1.29 is 60.3 Å². The maximum atomic E-state index is 12.9. The maximum absolute atomic E-state index is 12.9. The molecule has 6 rings (SSSR count). The van der Waals surface area contributed by atoms with E-state index in [0.717, 1.165) is 46.5 Å². The second-order valence-corrected chi connectivity index (χ2v) is 23.4. The van der Waals surface area contributed by atoms with E-state index >= 15 is 0 Å². The van der Waals surface area contributed by atoms with Crippen LogP contribution in [0.25, 0.3) is 0 Å². The van der Waals surface area contributed by atoms with E-state index in [4.69, 9.17) is 74.8 Å². The molecule has 0 spiro atoms. The zero-order chi connectivity index (χ0) is 54.7. The van der Waals surface area contributed by atoms with E-state index in [1.54, 1.807) is 36.4 Å². The van der Waals surface area contributed by atoms with Crippen LogP contribution in [0.3, 0.4) is 0 Å². The molecule has 0 fully saturated rings. The van der Waals surface area contributed by atoms with Crippen LogP contribution < -0.4 is 20.1 Å². The summed E-state index contributed by atoms with van der Waals surface area (Å²) < 4.78 is 89.6. The summed E-state index contributed by atoms with van der Waals surface area (Å²) in [5.41, 5.74) is 6.05. The lowest BCUT2D eigenvalue weighted by Crippen LogP contribution is -2.50. The van der Waals surface area contributed by atoms with Crippen LogP contribution in [-0.2, 0) is 66.4 Å². The van der Waals surface area contributed by atoms with Crippen molar-refractivity contribution in [1.82, 2.24) is 29.9 Å². The lowest BCUT2D eigenvalue weighted by Gasteiger charge is -2.33. The van der Waals surface area contributed by atoms with Crippen molar-refractivity contribution >= 4 is 72.4 Å². The Morgan fingerprint density at radius 3 is 1.30 bits per heavy atom. The number of aliphatic hydroxyl groups excluding tert-OH is 2. The SMILES string of the molecule is CN1Cc2c(Cl)cc(Cl)cc2C(c2ccc(S(=O)(=O)NCCOCCOCCOCCNC(=O)C(O)C(O)NCCOCCOCCOCCNS(=O)(=O)c3ccc(C4CN(C)Cc5c(Cl)cc(Cl)cc54)cc3)cc2)C1. The molecular formula is C51H68Cl4N6O13S2. The van der Waals surface area contributed by atoms with E-state index in [2.05, 4.69) is 29.9 Å². The molecule has 0 saturated carbocycles. The smallest absolute Gasteiger partial charge is 0.253 e. The van der Waals surface area contributed by atoms with Gasteiger partial charge in [0.05, 0.1) is 89.1 Å². The van der Waals surface area contributed by atoms with Gasteiger partial charge in [-0.15, -0.1) is 0 Å². The fraction of sp³-hybridized carbons (Fsp3) is 0.510. The molecule has 4 atom stereocenters. The predicted molar refractivity (Wildman–Crippen MR) is 290 cm³/mol. The number of likely N-dealkylation sites (N-methyl/N-ethyl adjacent to an activating group) is 2. The number of halogens is 4. The van der Waals surface area contributed by atoms with Gasteiger partial charge in [-0.3, -0.25) is 10.1 Å². The molecule has 6 N–H and O–H groups in total. The molecule has 2 heterocycles. The third-order valence-electron chi connectivity index (χ3n) is 12.4. The van der Waals surface area contributed by atoms with Crippen molar-refractivity contribution in [1.29, 1.82) is 0 Å². The Bertz CT molecular complexity index is 2700. The topological polar surface area (TPSA) is 236 Å². The van der Waals surface area contributed by atoms with Gasteiger partial charge >= 0.3 is 0 Å². The molecule has 25 heteroatoms. The highest BCUT2D eigenvalue weighted by Crippen LogP contribution is 2.40. The zero-order valence-electron chi connectivity index (χ0n) is 42.5. The van der Waals surface area contributed by atoms with E-state index in [1.807, 2.05) is 50.5 Å². The van der Waals surface area contributed by atoms with Gasteiger partial charge in [-0.1, -0.05) is 70.7 Å². The van der Waals surface area contributed by atoms with Crippen LogP contribution in [0.4, 0.5) is 0 Å². The third-order valence-corrected chi connectivity index (χ3v) is 16.5. The number of aliphatic hydroxyl groups is 2. The minimum Gasteiger partial charge on any atom is -0.379 e. The lowest BCUT2D eigenvalue weighted by atomic mass is 9.85. The van der Waals surface area contributed by atoms with Crippen molar-refractivity contribution in [2.45, 2.75) is 47.0 Å². The summed E-state index contributed by atoms with van der Waals surface area (Å²) in [6.45, 7) is 5.92. The Hall–Kier alpha value is -3.11. The number of carbonyl (C=O) groups is 1. The molecule has 0 saturated heterocycles. The van der Waals surface area contributed by atoms with Gasteiger partial charge in [-0.2, -0.15) is 0 Å². The van der Waals surface area contributed by atoms with Crippen molar-refractivity contribution in [3.05, 3.63) is 126 Å². The van der Waals surface area contributed by atoms with Crippen LogP contribution >= 0.6 is 46.4 Å². The second kappa shape index (κ2) is 31.0. The second-order valence-electron chi connectivity index (χ2n) is 18.2. The van der Waals surface area contributed by atoms with Gasteiger partial charge < -0.3 is 53.8 Å². The summed E-state index contributed by atoms with van der Waals surface area (Å²) in [6.07, 6.45) is -3.25. The van der Waals surface area contributed by atoms with Crippen molar-refractivity contribution in [2.24, 2.45) is 0 Å². The van der Waals surface area contributed by atoms with Crippen molar-refractivity contribution in [2.75, 3.05) is 133 Å². The predicted octanol–water partition coefficient (Wildman–Crippen LogP) is 4.20. The van der Waals surface area contributed by atoms with Crippen LogP contribution in [0.2, 0.25) is 20.1 Å². The molecule has 4 unspecified atom stereocenters. The standard InChI is InChI=1S/C51H68Cl4N6O13S2/c1-60-31-43(41-27-37(52)29-47(54)45(41)33-60)35-3-7-39(8-4-35)75(65,66)58-13-17-71-21-25-73-23-19-69-15-11-56-50(63)49(62)51(64)57-12-16-70-20-24-74-26-22-72-18-14-59-76(67,68)40-9-5-36(6-10-40)44-32-61(2)34-46-42(44)28-38(53)30-48(46)55/h3-10,27-30,43-44,49-50,56,58-59,62-63H,11-26,31-34H2,1-2H3,(H,57,64). The number of nitrogens with zero attached hydrogens (tertiary/aromatic N) is 2. The molecule has 19 nitrogen and oxygen atoms in total. The number of hydrogen-bond acceptors (Lipinski definition) is 16. The number of carbonyl (C=O) groups excluding carboxylic acids is 1. The molecule has 0 aromatic heterocycles. The molecule has 0 aliphatic carbocycles. The Morgan fingerprint density at radius 2 is 0.908 bits per heavy atom. The van der Waals surface area contributed by atoms with Crippen LogP contribution in [0, 0.1) is 0 Å². The summed E-state index contributed by atoms with van der Waals surface area (Å²) in [6, 6.07) is 21.0. The molecule has 4 aromatic rings. The Morgan fingerprint density at radius 1 is 0.553 bits per heavy atom. The number of amides is 1. The van der Waals surface area contributed by atoms with E-state index in [1.165, 1.54) is 0 Å². The molecule has 0 bridgehead atoms. The van der Waals surface area contributed by atoms with Gasteiger partial charge in [0.25, 0.3) is 5.91 Å². The van der Waals surface area contributed by atoms with Gasteiger partial charge in [0.15, 0.2) is 6.10 Å². The molecule has 4 aromatic carbocycles. The normalized spacial score (nSPS) is 17.1. The Labute approximate surface area is 465 Å². The van der Waals surface area contributed by atoms with E-state index in [0.29, 0.717) is 33.2 Å². The maximum Gasteiger partial charge on any atom is 0.253 e. The minimum atomic E-state index is -3.76. The fourth-order valence-corrected chi connectivity index (χ4v) is 11.8. The van der Waals surface area contributed by atoms with Gasteiger partial charge in [0.1, 0.15) is 6.23 Å². The van der Waals surface area contributed by atoms with Crippen LogP contribution in [0.5, 0.6) is 0 Å². The number of benzene rings is 4. The summed E-state index contributed by atoms with van der Waals surface area (Å²) in [5, 5.41) is 27.8. The third kappa shape index (κ3) is 19.0. The minimum absolute atomic E-state index is 0.00680. The zero-order valence-corrected chi connectivity index (χ0v) is 47.1. The Kier molecular flexibility index (Phi) is 25.4. The summed E-state index contributed by atoms with van der Waals surface area (Å²) >= 11 is 25.6. The summed E-state index contributed by atoms with van der Waals surface area (Å²) in [7, 11) is -3.48. The number of ether oxygens (including phenoxy) is 6. The average Bonchev–Trinajstić information content (AvgIpc) is 3.38. The van der Waals surface area contributed by atoms with Gasteiger partial charge in [0.2, 0.25) is 20.0 Å². The molecule has 420 valence electrons. The van der Waals surface area contributed by atoms with Gasteiger partial charge in [-0.25, -0.2) is 26.3 Å². The molecule has 2 aliphatic heterocycles. The number of sulfonamides is 2. The van der Waals surface area contributed by atoms with Gasteiger partial charge in [-0.05, 0) is 96.0 Å². The quantitative estimate of drug-likeness (QED) is 0.0290. The first kappa shape index (κ1) is 62.1. The van der Waals surface area contributed by atoms with Crippen LogP contribution in [0.1, 0.15) is 45.2 Å². The highest BCUT2D eigenvalue weighted by molar-refractivity contribution is 7.89. The highest BCUT2D eigenvalue weighted by Gasteiger charge is 2.30. The fourth-order valence-electron chi connectivity index (χ4n) is 8.65. The molecule has 0 radical (unpaired) electrons. The first-order valence-electron chi connectivity index (χ1n) is 24.8. The number of fused-ring (bicyclic) bond motifs is 2.